The molecule has 0 radical (unpaired) electrons. The van der Waals surface area contributed by atoms with Gasteiger partial charge in [0.1, 0.15) is 5.82 Å². The van der Waals surface area contributed by atoms with E-state index in [4.69, 9.17) is 0 Å². The molecule has 0 unspecified atom stereocenters. The van der Waals surface area contributed by atoms with E-state index in [0.29, 0.717) is 0 Å². The number of carbonyl (C=O) groups is 2. The van der Waals surface area contributed by atoms with Crippen molar-refractivity contribution in [3.8, 4) is 0 Å². The number of rotatable bonds is 6. The van der Waals surface area contributed by atoms with Crippen LogP contribution in [-0.4, -0.2) is 62.2 Å². The normalized spacial score (nSPS) is 15.1. The van der Waals surface area contributed by atoms with Crippen LogP contribution < -0.4 is 5.32 Å². The van der Waals surface area contributed by atoms with Gasteiger partial charge in [-0.05, 0) is 29.8 Å². The lowest BCUT2D eigenvalue weighted by Crippen LogP contribution is -2.52. The molecule has 2 aromatic rings. The highest BCUT2D eigenvalue weighted by Gasteiger charge is 2.29. The van der Waals surface area contributed by atoms with E-state index in [1.54, 1.807) is 24.3 Å². The second-order valence-electron chi connectivity index (χ2n) is 6.71. The van der Waals surface area contributed by atoms with Crippen molar-refractivity contribution in [3.05, 3.63) is 71.5 Å². The van der Waals surface area contributed by atoms with Gasteiger partial charge in [0.05, 0.1) is 12.3 Å². The summed E-state index contributed by atoms with van der Waals surface area (Å²) < 4.78 is 39.4. The van der Waals surface area contributed by atoms with Gasteiger partial charge in [0.2, 0.25) is 15.9 Å². The number of hydrogen-bond donors (Lipinski definition) is 1. The van der Waals surface area contributed by atoms with Gasteiger partial charge >= 0.3 is 0 Å². The van der Waals surface area contributed by atoms with Crippen molar-refractivity contribution in [1.82, 2.24) is 14.5 Å². The third kappa shape index (κ3) is 5.61. The minimum atomic E-state index is -3.46. The average molecular weight is 419 g/mol. The summed E-state index contributed by atoms with van der Waals surface area (Å²) in [4.78, 5) is 25.9. The molecule has 0 bridgehead atoms. The zero-order chi connectivity index (χ0) is 20.9. The molecule has 1 aliphatic rings. The minimum absolute atomic E-state index is 0.0739. The van der Waals surface area contributed by atoms with E-state index in [0.717, 1.165) is 5.56 Å². The zero-order valence-electron chi connectivity index (χ0n) is 15.8. The Morgan fingerprint density at radius 3 is 2.17 bits per heavy atom. The van der Waals surface area contributed by atoms with E-state index in [1.807, 2.05) is 6.07 Å². The topological polar surface area (TPSA) is 86.8 Å². The Balaban J connectivity index is 1.47. The fourth-order valence-corrected chi connectivity index (χ4v) is 4.58. The Labute approximate surface area is 169 Å². The second kappa shape index (κ2) is 9.15. The fraction of sp³-hybridized carbons (Fsp3) is 0.300. The molecular formula is C20H22FN3O4S. The fourth-order valence-electron chi connectivity index (χ4n) is 3.06. The number of amides is 2. The molecule has 1 aliphatic heterocycles. The summed E-state index contributed by atoms with van der Waals surface area (Å²) in [6.07, 6.45) is 0. The lowest BCUT2D eigenvalue weighted by Gasteiger charge is -2.34. The molecule has 29 heavy (non-hydrogen) atoms. The van der Waals surface area contributed by atoms with E-state index < -0.39 is 21.7 Å². The maximum Gasteiger partial charge on any atom is 0.251 e. The Kier molecular flexibility index (Phi) is 6.60. The number of hydrogen-bond acceptors (Lipinski definition) is 4. The summed E-state index contributed by atoms with van der Waals surface area (Å²) in [5, 5.41) is 2.51. The predicted molar refractivity (Wildman–Crippen MR) is 106 cm³/mol. The van der Waals surface area contributed by atoms with Crippen molar-refractivity contribution >= 4 is 21.8 Å². The van der Waals surface area contributed by atoms with E-state index in [1.165, 1.54) is 33.5 Å². The predicted octanol–water partition coefficient (Wildman–Crippen LogP) is 1.23. The summed E-state index contributed by atoms with van der Waals surface area (Å²) in [5.41, 5.74) is 0.977. The van der Waals surface area contributed by atoms with Gasteiger partial charge in [0, 0.05) is 31.7 Å². The van der Waals surface area contributed by atoms with E-state index in [9.17, 15) is 22.4 Å². The number of benzene rings is 2. The zero-order valence-corrected chi connectivity index (χ0v) is 16.6. The number of sulfonamides is 1. The highest BCUT2D eigenvalue weighted by Crippen LogP contribution is 2.13. The molecule has 0 spiro atoms. The molecule has 1 fully saturated rings. The van der Waals surface area contributed by atoms with Gasteiger partial charge in [-0.15, -0.1) is 0 Å². The van der Waals surface area contributed by atoms with E-state index in [2.05, 4.69) is 5.32 Å². The summed E-state index contributed by atoms with van der Waals surface area (Å²) >= 11 is 0. The largest absolute Gasteiger partial charge is 0.343 e. The van der Waals surface area contributed by atoms with Crippen LogP contribution in [0.5, 0.6) is 0 Å². The third-order valence-electron chi connectivity index (χ3n) is 4.68. The monoisotopic (exact) mass is 419 g/mol. The van der Waals surface area contributed by atoms with Crippen molar-refractivity contribution < 1.29 is 22.4 Å². The first kappa shape index (κ1) is 20.9. The summed E-state index contributed by atoms with van der Waals surface area (Å²) in [7, 11) is -3.46. The Morgan fingerprint density at radius 2 is 1.55 bits per heavy atom. The van der Waals surface area contributed by atoms with Crippen LogP contribution in [0.4, 0.5) is 4.39 Å². The van der Waals surface area contributed by atoms with Crippen LogP contribution in [0.3, 0.4) is 0 Å². The molecule has 0 aliphatic carbocycles. The van der Waals surface area contributed by atoms with Gasteiger partial charge in [0.25, 0.3) is 5.91 Å². The molecule has 0 atom stereocenters. The molecule has 1 saturated heterocycles. The molecule has 154 valence electrons. The lowest BCUT2D eigenvalue weighted by molar-refractivity contribution is -0.131. The lowest BCUT2D eigenvalue weighted by atomic mass is 10.2. The maximum atomic E-state index is 12.9. The molecule has 2 amide bonds. The molecule has 9 heteroatoms. The van der Waals surface area contributed by atoms with Gasteiger partial charge in [-0.3, -0.25) is 9.59 Å². The highest BCUT2D eigenvalue weighted by atomic mass is 32.2. The third-order valence-corrected chi connectivity index (χ3v) is 6.53. The average Bonchev–Trinajstić information content (AvgIpc) is 2.73. The Bertz CT molecular complexity index is 957. The van der Waals surface area contributed by atoms with Gasteiger partial charge < -0.3 is 10.2 Å². The SMILES string of the molecule is O=C(NCC(=O)N1CCN(S(=O)(=O)Cc2ccccc2)CC1)c1ccc(F)cc1. The molecule has 0 aromatic heterocycles. The maximum absolute atomic E-state index is 12.9. The molecule has 3 rings (SSSR count). The number of halogens is 1. The molecule has 7 nitrogen and oxygen atoms in total. The van der Waals surface area contributed by atoms with Crippen LogP contribution in [0, 0.1) is 5.82 Å². The van der Waals surface area contributed by atoms with Crippen LogP contribution in [0.1, 0.15) is 15.9 Å². The van der Waals surface area contributed by atoms with E-state index >= 15 is 0 Å². The summed E-state index contributed by atoms with van der Waals surface area (Å²) in [5.74, 6) is -1.28. The number of nitrogens with one attached hydrogen (secondary N) is 1. The van der Waals surface area contributed by atoms with Crippen molar-refractivity contribution in [3.63, 3.8) is 0 Å². The van der Waals surface area contributed by atoms with Crippen LogP contribution >= 0.6 is 0 Å². The van der Waals surface area contributed by atoms with E-state index in [-0.39, 0.29) is 49.9 Å². The first-order valence-electron chi connectivity index (χ1n) is 9.18. The van der Waals surface area contributed by atoms with Gasteiger partial charge in [-0.2, -0.15) is 4.31 Å². The van der Waals surface area contributed by atoms with Crippen molar-refractivity contribution in [2.45, 2.75) is 5.75 Å². The molecule has 0 saturated carbocycles. The van der Waals surface area contributed by atoms with Crippen LogP contribution in [0.15, 0.2) is 54.6 Å². The Morgan fingerprint density at radius 1 is 0.931 bits per heavy atom. The Hall–Kier alpha value is -2.78. The standard InChI is InChI=1S/C20H22FN3O4S/c21-18-8-6-17(7-9-18)20(26)22-14-19(25)23-10-12-24(13-11-23)29(27,28)15-16-4-2-1-3-5-16/h1-9H,10-15H2,(H,22,26). The minimum Gasteiger partial charge on any atom is -0.343 e. The van der Waals surface area contributed by atoms with Gasteiger partial charge in [-0.1, -0.05) is 30.3 Å². The van der Waals surface area contributed by atoms with Crippen LogP contribution in [0.2, 0.25) is 0 Å². The van der Waals surface area contributed by atoms with Crippen LogP contribution in [0.25, 0.3) is 0 Å². The molecule has 1 N–H and O–H groups in total. The van der Waals surface area contributed by atoms with Gasteiger partial charge in [0.15, 0.2) is 0 Å². The molecular weight excluding hydrogens is 397 g/mol. The molecule has 2 aromatic carbocycles. The number of nitrogens with zero attached hydrogens (tertiary/aromatic N) is 2. The van der Waals surface area contributed by atoms with Gasteiger partial charge in [-0.25, -0.2) is 12.8 Å². The first-order chi connectivity index (χ1) is 13.8. The van der Waals surface area contributed by atoms with Crippen LogP contribution in [-0.2, 0) is 20.6 Å². The number of piperazine rings is 1. The number of carbonyl (C=O) groups excluding carboxylic acids is 2. The quantitative estimate of drug-likeness (QED) is 0.763. The smallest absolute Gasteiger partial charge is 0.251 e. The summed E-state index contributed by atoms with van der Waals surface area (Å²) in [6.45, 7) is 0.755. The molecule has 1 heterocycles. The van der Waals surface area contributed by atoms with Crippen molar-refractivity contribution in [2.24, 2.45) is 0 Å². The summed E-state index contributed by atoms with van der Waals surface area (Å²) in [6, 6.07) is 14.0. The second-order valence-corrected chi connectivity index (χ2v) is 8.68. The van der Waals surface area contributed by atoms with Crippen molar-refractivity contribution in [1.29, 1.82) is 0 Å². The first-order valence-corrected chi connectivity index (χ1v) is 10.8. The van der Waals surface area contributed by atoms with Crippen molar-refractivity contribution in [2.75, 3.05) is 32.7 Å². The highest BCUT2D eigenvalue weighted by molar-refractivity contribution is 7.88.